The second-order valence-corrected chi connectivity index (χ2v) is 5.84. The summed E-state index contributed by atoms with van der Waals surface area (Å²) in [7, 11) is 0. The summed E-state index contributed by atoms with van der Waals surface area (Å²) in [5, 5.41) is 2.56. The van der Waals surface area contributed by atoms with Crippen LogP contribution in [-0.4, -0.2) is 22.1 Å². The molecule has 0 aromatic carbocycles. The first-order valence-corrected chi connectivity index (χ1v) is 7.87. The molecule has 0 bridgehead atoms. The second kappa shape index (κ2) is 7.91. The minimum atomic E-state index is -1.16. The number of nitrogens with one attached hydrogen (secondary N) is 2. The quantitative estimate of drug-likeness (QED) is 0.816. The van der Waals surface area contributed by atoms with E-state index in [1.165, 1.54) is 38.5 Å². The summed E-state index contributed by atoms with van der Waals surface area (Å²) in [6.07, 6.45) is 10.2. The van der Waals surface area contributed by atoms with E-state index in [0.717, 1.165) is 18.8 Å². The molecule has 1 amide bonds. The van der Waals surface area contributed by atoms with Crippen molar-refractivity contribution in [2.45, 2.75) is 51.4 Å². The number of hydrogen-bond donors (Lipinski definition) is 2. The largest absolute Gasteiger partial charge is 0.337 e. The molecule has 1 aromatic heterocycles. The molecule has 1 heterocycles. The Morgan fingerprint density at radius 2 is 2.00 bits per heavy atom. The number of carbonyl (C=O) groups is 1. The van der Waals surface area contributed by atoms with Crippen LogP contribution >= 0.6 is 0 Å². The van der Waals surface area contributed by atoms with E-state index in [2.05, 4.69) is 5.32 Å². The van der Waals surface area contributed by atoms with Crippen LogP contribution in [0.2, 0.25) is 0 Å². The number of H-pyrrole nitrogens is 1. The lowest BCUT2D eigenvalue weighted by molar-refractivity contribution is 0.240. The predicted molar refractivity (Wildman–Crippen MR) is 80.5 cm³/mol. The molecule has 1 aromatic rings. The van der Waals surface area contributed by atoms with Crippen molar-refractivity contribution < 1.29 is 9.18 Å². The van der Waals surface area contributed by atoms with Gasteiger partial charge in [-0.15, -0.1) is 0 Å². The minimum absolute atomic E-state index is 0.429. The maximum absolute atomic E-state index is 13.1. The van der Waals surface area contributed by atoms with Crippen LogP contribution < -0.4 is 16.6 Å². The number of unbranched alkanes of at least 4 members (excludes halogenated alkanes) is 1. The molecule has 2 rings (SSSR count). The summed E-state index contributed by atoms with van der Waals surface area (Å²) < 4.78 is 13.6. The lowest BCUT2D eigenvalue weighted by atomic mass is 9.86. The molecule has 0 unspecified atom stereocenters. The van der Waals surface area contributed by atoms with Gasteiger partial charge in [0.25, 0.3) is 5.56 Å². The number of nitrogens with zero attached hydrogens (tertiary/aromatic N) is 1. The van der Waals surface area contributed by atoms with Crippen molar-refractivity contribution in [2.24, 2.45) is 5.92 Å². The number of halogens is 1. The summed E-state index contributed by atoms with van der Waals surface area (Å²) >= 11 is 0. The Labute approximate surface area is 127 Å². The van der Waals surface area contributed by atoms with Gasteiger partial charge in [0.15, 0.2) is 0 Å². The van der Waals surface area contributed by atoms with Gasteiger partial charge in [0.05, 0.1) is 6.20 Å². The number of hydrogen-bond acceptors (Lipinski definition) is 3. The van der Waals surface area contributed by atoms with Crippen molar-refractivity contribution in [1.29, 1.82) is 0 Å². The zero-order valence-electron chi connectivity index (χ0n) is 12.6. The van der Waals surface area contributed by atoms with E-state index >= 15 is 0 Å². The first-order valence-electron chi connectivity index (χ1n) is 7.87. The van der Waals surface area contributed by atoms with Gasteiger partial charge < -0.3 is 5.32 Å². The molecule has 6 nitrogen and oxygen atoms in total. The van der Waals surface area contributed by atoms with Crippen LogP contribution in [-0.2, 0) is 0 Å². The highest BCUT2D eigenvalue weighted by Crippen LogP contribution is 2.27. The molecule has 0 radical (unpaired) electrons. The molecule has 0 atom stereocenters. The Morgan fingerprint density at radius 1 is 1.27 bits per heavy atom. The summed E-state index contributed by atoms with van der Waals surface area (Å²) in [5.41, 5.74) is -2.06. The fourth-order valence-electron chi connectivity index (χ4n) is 2.91. The van der Waals surface area contributed by atoms with Crippen molar-refractivity contribution in [3.05, 3.63) is 32.9 Å². The van der Waals surface area contributed by atoms with E-state index in [-0.39, 0.29) is 0 Å². The van der Waals surface area contributed by atoms with Crippen LogP contribution in [0.1, 0.15) is 51.4 Å². The van der Waals surface area contributed by atoms with Crippen LogP contribution in [0.4, 0.5) is 9.18 Å². The molecule has 1 aliphatic carbocycles. The standard InChI is InChI=1S/C15H22FN3O3/c16-12-10-19(15(22)18-13(12)20)14(21)17-9-5-4-8-11-6-2-1-3-7-11/h10-11H,1-9H2,(H,17,21)(H,18,20,22). The Hall–Kier alpha value is -1.92. The van der Waals surface area contributed by atoms with Gasteiger partial charge in [-0.2, -0.15) is 4.39 Å². The zero-order chi connectivity index (χ0) is 15.9. The van der Waals surface area contributed by atoms with Gasteiger partial charge in [-0.05, 0) is 12.3 Å². The van der Waals surface area contributed by atoms with Crippen LogP contribution in [0.5, 0.6) is 0 Å². The SMILES string of the molecule is O=C(NCCCCC1CCCCC1)n1cc(F)c(=O)[nH]c1=O. The van der Waals surface area contributed by atoms with Gasteiger partial charge in [-0.3, -0.25) is 9.78 Å². The van der Waals surface area contributed by atoms with Gasteiger partial charge in [-0.25, -0.2) is 14.2 Å². The third-order valence-electron chi connectivity index (χ3n) is 4.16. The minimum Gasteiger partial charge on any atom is -0.337 e. The van der Waals surface area contributed by atoms with Gasteiger partial charge in [0.2, 0.25) is 5.82 Å². The second-order valence-electron chi connectivity index (χ2n) is 5.84. The molecule has 2 N–H and O–H groups in total. The van der Waals surface area contributed by atoms with E-state index < -0.39 is 23.1 Å². The molecule has 0 saturated heterocycles. The maximum atomic E-state index is 13.1. The average molecular weight is 311 g/mol. The highest BCUT2D eigenvalue weighted by atomic mass is 19.1. The fraction of sp³-hybridized carbons (Fsp3) is 0.667. The Bertz CT molecular complexity index is 617. The number of amides is 1. The molecular weight excluding hydrogens is 289 g/mol. The maximum Gasteiger partial charge on any atom is 0.336 e. The summed E-state index contributed by atoms with van der Waals surface area (Å²) in [6.45, 7) is 0.429. The summed E-state index contributed by atoms with van der Waals surface area (Å²) in [4.78, 5) is 35.8. The molecule has 1 aliphatic rings. The van der Waals surface area contributed by atoms with Crippen LogP contribution in [0.3, 0.4) is 0 Å². The number of aromatic nitrogens is 2. The third kappa shape index (κ3) is 4.54. The first-order chi connectivity index (χ1) is 10.6. The lowest BCUT2D eigenvalue weighted by Gasteiger charge is -2.21. The van der Waals surface area contributed by atoms with Crippen LogP contribution in [0, 0.1) is 11.7 Å². The van der Waals surface area contributed by atoms with Crippen molar-refractivity contribution in [1.82, 2.24) is 14.9 Å². The first kappa shape index (κ1) is 16.5. The molecule has 7 heteroatoms. The predicted octanol–water partition coefficient (Wildman–Crippen LogP) is 1.98. The monoisotopic (exact) mass is 311 g/mol. The Kier molecular flexibility index (Phi) is 5.91. The normalized spacial score (nSPS) is 15.7. The fourth-order valence-corrected chi connectivity index (χ4v) is 2.91. The smallest absolute Gasteiger partial charge is 0.336 e. The number of rotatable bonds is 5. The van der Waals surface area contributed by atoms with Gasteiger partial charge in [0, 0.05) is 6.54 Å². The Morgan fingerprint density at radius 3 is 2.73 bits per heavy atom. The van der Waals surface area contributed by atoms with E-state index in [0.29, 0.717) is 17.3 Å². The zero-order valence-corrected chi connectivity index (χ0v) is 12.6. The van der Waals surface area contributed by atoms with E-state index in [4.69, 9.17) is 0 Å². The topological polar surface area (TPSA) is 84.0 Å². The number of aromatic amines is 1. The molecule has 0 aliphatic heterocycles. The summed E-state index contributed by atoms with van der Waals surface area (Å²) in [6, 6.07) is -0.724. The van der Waals surface area contributed by atoms with E-state index in [1.807, 2.05) is 0 Å². The van der Waals surface area contributed by atoms with Gasteiger partial charge >= 0.3 is 11.7 Å². The van der Waals surface area contributed by atoms with Crippen molar-refractivity contribution >= 4 is 6.03 Å². The van der Waals surface area contributed by atoms with Crippen molar-refractivity contribution in [3.63, 3.8) is 0 Å². The molecule has 1 fully saturated rings. The van der Waals surface area contributed by atoms with Crippen LogP contribution in [0.25, 0.3) is 0 Å². The Balaban J connectivity index is 1.72. The van der Waals surface area contributed by atoms with E-state index in [1.54, 1.807) is 4.98 Å². The van der Waals surface area contributed by atoms with Crippen LogP contribution in [0.15, 0.2) is 15.8 Å². The van der Waals surface area contributed by atoms with Gasteiger partial charge in [0.1, 0.15) is 0 Å². The molecule has 22 heavy (non-hydrogen) atoms. The van der Waals surface area contributed by atoms with E-state index in [9.17, 15) is 18.8 Å². The highest BCUT2D eigenvalue weighted by molar-refractivity contribution is 5.76. The highest BCUT2D eigenvalue weighted by Gasteiger charge is 2.13. The lowest BCUT2D eigenvalue weighted by Crippen LogP contribution is -2.40. The van der Waals surface area contributed by atoms with Crippen molar-refractivity contribution in [2.75, 3.05) is 6.54 Å². The molecule has 1 saturated carbocycles. The third-order valence-corrected chi connectivity index (χ3v) is 4.16. The molecule has 122 valence electrons. The average Bonchev–Trinajstić information content (AvgIpc) is 2.51. The summed E-state index contributed by atoms with van der Waals surface area (Å²) in [5.74, 6) is -0.354. The molecule has 0 spiro atoms. The number of carbonyl (C=O) groups excluding carboxylic acids is 1. The van der Waals surface area contributed by atoms with Gasteiger partial charge in [-0.1, -0.05) is 44.9 Å². The molecular formula is C15H22FN3O3. The van der Waals surface area contributed by atoms with Crippen molar-refractivity contribution in [3.8, 4) is 0 Å².